The summed E-state index contributed by atoms with van der Waals surface area (Å²) in [7, 11) is -4.06. The zero-order chi connectivity index (χ0) is 21.7. The predicted octanol–water partition coefficient (Wildman–Crippen LogP) is 3.58. The normalized spacial score (nSPS) is 11.8. The summed E-state index contributed by atoms with van der Waals surface area (Å²) in [6.45, 7) is -0.199. The number of carbonyl (C=O) groups excluding carboxylic acids is 1. The first kappa shape index (κ1) is 23.1. The molecule has 2 heterocycles. The molecule has 0 atom stereocenters. The number of amides is 1. The molecule has 0 aromatic carbocycles. The van der Waals surface area contributed by atoms with Crippen LogP contribution in [0.15, 0.2) is 24.5 Å². The van der Waals surface area contributed by atoms with Crippen molar-refractivity contribution in [1.29, 1.82) is 0 Å². The zero-order valence-electron chi connectivity index (χ0n) is 14.8. The molecule has 0 aliphatic rings. The highest BCUT2D eigenvalue weighted by molar-refractivity contribution is 7.91. The third-order valence-electron chi connectivity index (χ3n) is 3.60. The minimum Gasteiger partial charge on any atom is -0.289 e. The number of rotatable bonds is 8. The van der Waals surface area contributed by atoms with Gasteiger partial charge in [0.15, 0.2) is 15.0 Å². The summed E-state index contributed by atoms with van der Waals surface area (Å²) in [5.41, 5.74) is 0.661. The Morgan fingerprint density at radius 1 is 1.34 bits per heavy atom. The lowest BCUT2D eigenvalue weighted by atomic mass is 10.3. The van der Waals surface area contributed by atoms with Gasteiger partial charge in [-0.2, -0.15) is 13.2 Å². The van der Waals surface area contributed by atoms with Crippen LogP contribution in [0.5, 0.6) is 0 Å². The number of thiazole rings is 1. The molecule has 6 nitrogen and oxygen atoms in total. The van der Waals surface area contributed by atoms with Crippen molar-refractivity contribution in [3.05, 3.63) is 29.7 Å². The Balaban J connectivity index is 2.14. The molecule has 0 radical (unpaired) electrons. The molecule has 0 unspecified atom stereocenters. The number of sulfone groups is 1. The monoisotopic (exact) mass is 465 g/mol. The Bertz CT molecular complexity index is 1000. The molecule has 0 N–H and O–H groups in total. The molecule has 12 heteroatoms. The van der Waals surface area contributed by atoms with Gasteiger partial charge >= 0.3 is 6.18 Å². The van der Waals surface area contributed by atoms with Crippen LogP contribution < -0.4 is 4.90 Å². The largest absolute Gasteiger partial charge is 0.390 e. The predicted molar refractivity (Wildman–Crippen MR) is 105 cm³/mol. The van der Waals surface area contributed by atoms with E-state index in [0.29, 0.717) is 10.6 Å². The van der Waals surface area contributed by atoms with Crippen molar-refractivity contribution >= 4 is 43.7 Å². The molecule has 0 bridgehead atoms. The first-order chi connectivity index (χ1) is 13.5. The lowest BCUT2D eigenvalue weighted by Crippen LogP contribution is -2.32. The summed E-state index contributed by atoms with van der Waals surface area (Å²) in [4.78, 5) is 21.8. The van der Waals surface area contributed by atoms with Crippen LogP contribution in [0.25, 0.3) is 10.6 Å². The highest BCUT2D eigenvalue weighted by Crippen LogP contribution is 2.37. The molecule has 0 fully saturated rings. The molecular weight excluding hydrogens is 451 g/mol. The highest BCUT2D eigenvalue weighted by Gasteiger charge is 2.30. The van der Waals surface area contributed by atoms with Gasteiger partial charge in [0.05, 0.1) is 24.5 Å². The first-order valence-electron chi connectivity index (χ1n) is 8.10. The number of hydrogen-bond acceptors (Lipinski definition) is 6. The lowest BCUT2D eigenvalue weighted by molar-refractivity contribution is -0.129. The maximum atomic E-state index is 12.5. The second-order valence-corrected chi connectivity index (χ2v) is 9.45. The van der Waals surface area contributed by atoms with Gasteiger partial charge in [-0.25, -0.2) is 13.4 Å². The van der Waals surface area contributed by atoms with E-state index in [1.54, 1.807) is 24.5 Å². The summed E-state index contributed by atoms with van der Waals surface area (Å²) in [6, 6.07) is 3.44. The second kappa shape index (κ2) is 9.56. The topological polar surface area (TPSA) is 80.2 Å². The van der Waals surface area contributed by atoms with Gasteiger partial charge < -0.3 is 0 Å². The smallest absolute Gasteiger partial charge is 0.289 e. The molecule has 2 rings (SSSR count). The molecule has 29 heavy (non-hydrogen) atoms. The van der Waals surface area contributed by atoms with Gasteiger partial charge in [0.1, 0.15) is 10.0 Å². The Kier molecular flexibility index (Phi) is 7.62. The molecule has 2 aromatic heterocycles. The molecule has 0 saturated carbocycles. The van der Waals surface area contributed by atoms with Crippen molar-refractivity contribution in [3.8, 4) is 22.9 Å². The van der Waals surface area contributed by atoms with Crippen LogP contribution in [0.2, 0.25) is 5.15 Å². The molecule has 0 saturated heterocycles. The van der Waals surface area contributed by atoms with Crippen LogP contribution in [0.4, 0.5) is 18.2 Å². The number of aromatic nitrogens is 2. The van der Waals surface area contributed by atoms with E-state index in [1.165, 1.54) is 0 Å². The van der Waals surface area contributed by atoms with Gasteiger partial charge in [-0.05, 0) is 12.1 Å². The average molecular weight is 466 g/mol. The fourth-order valence-corrected chi connectivity index (χ4v) is 4.74. The van der Waals surface area contributed by atoms with Crippen LogP contribution in [-0.2, 0) is 14.6 Å². The number of anilines is 1. The van der Waals surface area contributed by atoms with Gasteiger partial charge in [0.25, 0.3) is 0 Å². The molecule has 0 aliphatic carbocycles. The van der Waals surface area contributed by atoms with Crippen LogP contribution in [0, 0.1) is 12.3 Å². The van der Waals surface area contributed by atoms with Gasteiger partial charge in [0, 0.05) is 24.4 Å². The number of terminal acetylenes is 1. The summed E-state index contributed by atoms with van der Waals surface area (Å²) >= 11 is 7.20. The third kappa shape index (κ3) is 6.99. The van der Waals surface area contributed by atoms with Crippen molar-refractivity contribution in [3.63, 3.8) is 0 Å². The fraction of sp³-hybridized carbons (Fsp3) is 0.353. The van der Waals surface area contributed by atoms with E-state index >= 15 is 0 Å². The number of halogens is 4. The Morgan fingerprint density at radius 2 is 2.07 bits per heavy atom. The number of pyridine rings is 1. The lowest BCUT2D eigenvalue weighted by Gasteiger charge is -2.18. The van der Waals surface area contributed by atoms with Crippen molar-refractivity contribution in [2.24, 2.45) is 0 Å². The number of alkyl halides is 3. The van der Waals surface area contributed by atoms with Crippen molar-refractivity contribution < 1.29 is 26.4 Å². The van der Waals surface area contributed by atoms with E-state index in [4.69, 9.17) is 18.0 Å². The molecule has 0 spiro atoms. The third-order valence-corrected chi connectivity index (χ3v) is 6.75. The van der Waals surface area contributed by atoms with E-state index in [-0.39, 0.29) is 16.7 Å². The summed E-state index contributed by atoms with van der Waals surface area (Å²) in [5, 5.41) is 0.698. The first-order valence-corrected chi connectivity index (χ1v) is 11.1. The van der Waals surface area contributed by atoms with E-state index in [1.807, 2.05) is 0 Å². The van der Waals surface area contributed by atoms with Gasteiger partial charge in [0.2, 0.25) is 5.91 Å². The standard InChI is InChI=1S/C17H15ClF3N3O3S2/c1-2-8-24(13(25)5-9-29(26,27)10-6-17(19,20)21)16-14(18)23-15(28-16)12-4-3-7-22-11-12/h1,3-4,7,11H,5-6,8-10H2. The fourth-order valence-electron chi connectivity index (χ4n) is 2.19. The molecule has 156 valence electrons. The Morgan fingerprint density at radius 3 is 2.66 bits per heavy atom. The van der Waals surface area contributed by atoms with E-state index in [2.05, 4.69) is 15.9 Å². The zero-order valence-corrected chi connectivity index (χ0v) is 17.2. The number of carbonyl (C=O) groups is 1. The Labute approximate surface area is 174 Å². The second-order valence-electron chi connectivity index (χ2n) is 5.81. The average Bonchev–Trinajstić information content (AvgIpc) is 3.04. The Hall–Kier alpha value is -2.16. The minimum absolute atomic E-state index is 0.00242. The summed E-state index contributed by atoms with van der Waals surface area (Å²) < 4.78 is 60.3. The molecular formula is C17H15ClF3N3O3S2. The summed E-state index contributed by atoms with van der Waals surface area (Å²) in [5.74, 6) is -0.204. The molecule has 0 aliphatic heterocycles. The quantitative estimate of drug-likeness (QED) is 0.557. The molecule has 2 aromatic rings. The van der Waals surface area contributed by atoms with Crippen LogP contribution in [-0.4, -0.2) is 48.5 Å². The van der Waals surface area contributed by atoms with Crippen LogP contribution in [0.1, 0.15) is 12.8 Å². The van der Waals surface area contributed by atoms with Gasteiger partial charge in [-0.15, -0.1) is 6.42 Å². The van der Waals surface area contributed by atoms with Crippen molar-refractivity contribution in [2.45, 2.75) is 19.0 Å². The van der Waals surface area contributed by atoms with E-state index in [0.717, 1.165) is 16.2 Å². The van der Waals surface area contributed by atoms with Gasteiger partial charge in [-0.3, -0.25) is 14.7 Å². The van der Waals surface area contributed by atoms with E-state index < -0.39 is 46.3 Å². The maximum Gasteiger partial charge on any atom is 0.390 e. The minimum atomic E-state index is -4.59. The number of hydrogen-bond donors (Lipinski definition) is 0. The van der Waals surface area contributed by atoms with E-state index in [9.17, 15) is 26.4 Å². The van der Waals surface area contributed by atoms with Crippen LogP contribution in [0.3, 0.4) is 0 Å². The van der Waals surface area contributed by atoms with Crippen LogP contribution >= 0.6 is 22.9 Å². The van der Waals surface area contributed by atoms with Crippen molar-refractivity contribution in [2.75, 3.05) is 23.0 Å². The highest BCUT2D eigenvalue weighted by atomic mass is 35.5. The van der Waals surface area contributed by atoms with Gasteiger partial charge in [-0.1, -0.05) is 28.9 Å². The SMILES string of the molecule is C#CCN(C(=O)CCS(=O)(=O)CCC(F)(F)F)c1sc(-c2cccnc2)nc1Cl. The maximum absolute atomic E-state index is 12.5. The van der Waals surface area contributed by atoms with Crippen molar-refractivity contribution in [1.82, 2.24) is 9.97 Å². The number of nitrogens with zero attached hydrogens (tertiary/aromatic N) is 3. The molecule has 1 amide bonds. The summed E-state index contributed by atoms with van der Waals surface area (Å²) in [6.07, 6.45) is 1.84.